The second kappa shape index (κ2) is 8.03. The third kappa shape index (κ3) is 3.24. The number of aromatic nitrogens is 2. The molecule has 0 spiro atoms. The molecule has 34 heavy (non-hydrogen) atoms. The standard InChI is InChI=1S/C23H20N4O7/c24-7-12-18(19-15(34-21(12)25)5-10-3-1-2-4-11(10)20(19)30)13-8-27(23(32)26-22(13)31)17-6-14(29)16(9-28)33-17/h1-5,8,14,16-18,28-30H,6,9,25H2,(H,26,31,32)/t14-,16+,17+,18?/m0/s1. The van der Waals surface area contributed by atoms with Crippen molar-refractivity contribution in [1.29, 1.82) is 5.26 Å². The van der Waals surface area contributed by atoms with E-state index in [1.54, 1.807) is 30.3 Å². The van der Waals surface area contributed by atoms with Gasteiger partial charge in [-0.2, -0.15) is 5.26 Å². The Morgan fingerprint density at radius 3 is 2.76 bits per heavy atom. The van der Waals surface area contributed by atoms with E-state index in [2.05, 4.69) is 4.98 Å². The fraction of sp³-hybridized carbons (Fsp3) is 0.261. The van der Waals surface area contributed by atoms with Gasteiger partial charge < -0.3 is 30.5 Å². The first-order valence-corrected chi connectivity index (χ1v) is 10.5. The Kier molecular flexibility index (Phi) is 5.13. The van der Waals surface area contributed by atoms with Crippen LogP contribution < -0.4 is 21.7 Å². The predicted octanol–water partition coefficient (Wildman–Crippen LogP) is 0.254. The van der Waals surface area contributed by atoms with Gasteiger partial charge in [-0.1, -0.05) is 24.3 Å². The minimum atomic E-state index is -1.14. The summed E-state index contributed by atoms with van der Waals surface area (Å²) in [5.41, 5.74) is 4.41. The molecule has 0 saturated carbocycles. The largest absolute Gasteiger partial charge is 0.507 e. The number of nitrogens with one attached hydrogen (secondary N) is 1. The molecule has 2 aliphatic rings. The second-order valence-corrected chi connectivity index (χ2v) is 8.15. The van der Waals surface area contributed by atoms with Gasteiger partial charge in [-0.25, -0.2) is 4.79 Å². The van der Waals surface area contributed by atoms with Gasteiger partial charge in [0.25, 0.3) is 5.56 Å². The van der Waals surface area contributed by atoms with E-state index in [1.807, 2.05) is 6.07 Å². The average Bonchev–Trinajstić information content (AvgIpc) is 3.19. The maximum Gasteiger partial charge on any atom is 0.330 e. The number of hydrogen-bond acceptors (Lipinski definition) is 9. The summed E-state index contributed by atoms with van der Waals surface area (Å²) in [6.45, 7) is -0.450. The van der Waals surface area contributed by atoms with Crippen LogP contribution in [0, 0.1) is 11.3 Å². The molecule has 6 N–H and O–H groups in total. The van der Waals surface area contributed by atoms with E-state index < -0.39 is 42.2 Å². The van der Waals surface area contributed by atoms with Gasteiger partial charge >= 0.3 is 5.69 Å². The van der Waals surface area contributed by atoms with E-state index in [4.69, 9.17) is 15.2 Å². The van der Waals surface area contributed by atoms with E-state index in [9.17, 15) is 30.2 Å². The zero-order chi connectivity index (χ0) is 24.1. The van der Waals surface area contributed by atoms with Gasteiger partial charge in [-0.3, -0.25) is 14.3 Å². The Labute approximate surface area is 191 Å². The molecule has 5 rings (SSSR count). The van der Waals surface area contributed by atoms with Crippen LogP contribution >= 0.6 is 0 Å². The first-order chi connectivity index (χ1) is 16.3. The molecule has 0 amide bonds. The monoisotopic (exact) mass is 464 g/mol. The summed E-state index contributed by atoms with van der Waals surface area (Å²) in [6.07, 6.45) is -1.65. The molecular weight excluding hydrogens is 444 g/mol. The molecule has 1 fully saturated rings. The lowest BCUT2D eigenvalue weighted by Gasteiger charge is -2.28. The number of phenolic OH excluding ortho intramolecular Hbond substituents is 1. The highest BCUT2D eigenvalue weighted by Crippen LogP contribution is 2.48. The van der Waals surface area contributed by atoms with Crippen molar-refractivity contribution in [3.05, 3.63) is 79.9 Å². The third-order valence-corrected chi connectivity index (χ3v) is 6.21. The highest BCUT2D eigenvalue weighted by Gasteiger charge is 2.38. The van der Waals surface area contributed by atoms with Crippen molar-refractivity contribution in [2.75, 3.05) is 6.61 Å². The van der Waals surface area contributed by atoms with Crippen LogP contribution in [0.5, 0.6) is 11.5 Å². The Morgan fingerprint density at radius 1 is 1.29 bits per heavy atom. The van der Waals surface area contributed by atoms with E-state index in [0.29, 0.717) is 10.8 Å². The van der Waals surface area contributed by atoms with Crippen molar-refractivity contribution in [2.24, 2.45) is 5.73 Å². The van der Waals surface area contributed by atoms with Crippen molar-refractivity contribution in [3.63, 3.8) is 0 Å². The molecule has 3 heterocycles. The van der Waals surface area contributed by atoms with E-state index in [1.165, 1.54) is 6.20 Å². The number of nitrogens with two attached hydrogens (primary N) is 1. The number of aliphatic hydroxyl groups is 2. The molecule has 3 aromatic rings. The van der Waals surface area contributed by atoms with E-state index in [0.717, 1.165) is 4.57 Å². The molecule has 0 aliphatic carbocycles. The Bertz CT molecular complexity index is 1500. The van der Waals surface area contributed by atoms with Crippen molar-refractivity contribution >= 4 is 10.8 Å². The summed E-state index contributed by atoms with van der Waals surface area (Å²) >= 11 is 0. The molecule has 174 valence electrons. The van der Waals surface area contributed by atoms with Gasteiger partial charge in [0, 0.05) is 23.6 Å². The van der Waals surface area contributed by atoms with Crippen LogP contribution in [-0.4, -0.2) is 43.7 Å². The second-order valence-electron chi connectivity index (χ2n) is 8.15. The molecule has 2 aliphatic heterocycles. The van der Waals surface area contributed by atoms with Crippen LogP contribution in [0.25, 0.3) is 10.8 Å². The summed E-state index contributed by atoms with van der Waals surface area (Å²) in [6, 6.07) is 10.6. The van der Waals surface area contributed by atoms with Crippen LogP contribution in [0.1, 0.15) is 29.7 Å². The summed E-state index contributed by atoms with van der Waals surface area (Å²) in [7, 11) is 0. The van der Waals surface area contributed by atoms with Crippen LogP contribution in [0.15, 0.2) is 57.6 Å². The number of aromatic hydroxyl groups is 1. The lowest BCUT2D eigenvalue weighted by Crippen LogP contribution is -2.36. The van der Waals surface area contributed by atoms with Gasteiger partial charge in [0.15, 0.2) is 0 Å². The number of fused-ring (bicyclic) bond motifs is 2. The summed E-state index contributed by atoms with van der Waals surface area (Å²) < 4.78 is 12.3. The normalized spacial score (nSPS) is 24.0. The number of ether oxygens (including phenoxy) is 2. The Hall–Kier alpha value is -4.11. The fourth-order valence-electron chi connectivity index (χ4n) is 4.54. The molecule has 0 bridgehead atoms. The van der Waals surface area contributed by atoms with Gasteiger partial charge in [-0.15, -0.1) is 0 Å². The Balaban J connectivity index is 1.74. The topological polar surface area (TPSA) is 184 Å². The van der Waals surface area contributed by atoms with E-state index >= 15 is 0 Å². The van der Waals surface area contributed by atoms with Gasteiger partial charge in [0.1, 0.15) is 35.5 Å². The third-order valence-electron chi connectivity index (χ3n) is 6.21. The molecule has 1 aromatic heterocycles. The van der Waals surface area contributed by atoms with Crippen molar-refractivity contribution in [3.8, 4) is 17.6 Å². The molecule has 4 atom stereocenters. The fourth-order valence-corrected chi connectivity index (χ4v) is 4.54. The molecule has 11 heteroatoms. The van der Waals surface area contributed by atoms with Gasteiger partial charge in [0.05, 0.1) is 24.2 Å². The summed E-state index contributed by atoms with van der Waals surface area (Å²) in [5, 5.41) is 41.6. The minimum absolute atomic E-state index is 0.0000448. The zero-order valence-electron chi connectivity index (χ0n) is 17.6. The van der Waals surface area contributed by atoms with Crippen molar-refractivity contribution < 1.29 is 24.8 Å². The Morgan fingerprint density at radius 2 is 2.06 bits per heavy atom. The number of allylic oxidation sites excluding steroid dienone is 1. The number of aliphatic hydroxyl groups excluding tert-OH is 2. The van der Waals surface area contributed by atoms with Gasteiger partial charge in [-0.05, 0) is 11.5 Å². The number of rotatable bonds is 3. The molecule has 11 nitrogen and oxygen atoms in total. The summed E-state index contributed by atoms with van der Waals surface area (Å²) in [5.74, 6) is -1.40. The highest BCUT2D eigenvalue weighted by molar-refractivity contribution is 5.92. The van der Waals surface area contributed by atoms with Gasteiger partial charge in [0.2, 0.25) is 5.88 Å². The number of nitrogens with zero attached hydrogens (tertiary/aromatic N) is 2. The predicted molar refractivity (Wildman–Crippen MR) is 118 cm³/mol. The van der Waals surface area contributed by atoms with Crippen molar-refractivity contribution in [2.45, 2.75) is 30.8 Å². The number of nitriles is 1. The molecule has 2 aromatic carbocycles. The maximum atomic E-state index is 12.9. The lowest BCUT2D eigenvalue weighted by atomic mass is 9.83. The SMILES string of the molecule is N#CC1=C(N)Oc2cc3ccccc3c(O)c2C1c1cn([C@H]2C[C@H](O)[C@@H](CO)O2)c(=O)[nH]c1=O. The number of hydrogen-bond donors (Lipinski definition) is 5. The first-order valence-electron chi connectivity index (χ1n) is 10.5. The van der Waals surface area contributed by atoms with Crippen molar-refractivity contribution in [1.82, 2.24) is 9.55 Å². The minimum Gasteiger partial charge on any atom is -0.507 e. The zero-order valence-corrected chi connectivity index (χ0v) is 17.6. The van der Waals surface area contributed by atoms with Crippen LogP contribution in [0.3, 0.4) is 0 Å². The lowest BCUT2D eigenvalue weighted by molar-refractivity contribution is -0.0460. The number of phenols is 1. The molecule has 1 unspecified atom stereocenters. The van der Waals surface area contributed by atoms with Crippen LogP contribution in [-0.2, 0) is 4.74 Å². The number of aromatic amines is 1. The molecule has 0 radical (unpaired) electrons. The number of H-pyrrole nitrogens is 1. The maximum absolute atomic E-state index is 12.9. The average molecular weight is 464 g/mol. The van der Waals surface area contributed by atoms with E-state index in [-0.39, 0.29) is 40.5 Å². The highest BCUT2D eigenvalue weighted by atomic mass is 16.5. The molecular formula is C23H20N4O7. The van der Waals surface area contributed by atoms with Crippen LogP contribution in [0.4, 0.5) is 0 Å². The van der Waals surface area contributed by atoms with Crippen LogP contribution in [0.2, 0.25) is 0 Å². The number of benzene rings is 2. The summed E-state index contributed by atoms with van der Waals surface area (Å²) in [4.78, 5) is 27.7. The smallest absolute Gasteiger partial charge is 0.330 e. The quantitative estimate of drug-likeness (QED) is 0.363. The first kappa shape index (κ1) is 21.7. The molecule has 1 saturated heterocycles.